The molecule has 1 unspecified atom stereocenters. The molecular formula is C26H36ClN5O5S. The molecule has 1 aliphatic heterocycles. The Kier molecular flexibility index (Phi) is 7.96. The summed E-state index contributed by atoms with van der Waals surface area (Å²) in [6, 6.07) is 6.96. The smallest absolute Gasteiger partial charge is 0.272 e. The molecule has 2 heterocycles. The summed E-state index contributed by atoms with van der Waals surface area (Å²) in [6.45, 7) is 6.15. The minimum atomic E-state index is -3.63. The van der Waals surface area contributed by atoms with Crippen LogP contribution in [0.4, 0.5) is 0 Å². The minimum absolute atomic E-state index is 0.0347. The molecule has 0 radical (unpaired) electrons. The van der Waals surface area contributed by atoms with Crippen LogP contribution in [0.2, 0.25) is 5.02 Å². The number of rotatable bonds is 11. The van der Waals surface area contributed by atoms with Gasteiger partial charge in [-0.15, -0.1) is 0 Å². The van der Waals surface area contributed by atoms with Crippen molar-refractivity contribution in [2.24, 2.45) is 12.8 Å². The normalized spacial score (nSPS) is 17.7. The molecule has 2 aliphatic rings. The molecule has 2 aromatic rings. The van der Waals surface area contributed by atoms with E-state index in [1.807, 2.05) is 12.1 Å². The highest BCUT2D eigenvalue weighted by Crippen LogP contribution is 2.49. The van der Waals surface area contributed by atoms with Gasteiger partial charge in [0.2, 0.25) is 0 Å². The first-order valence-electron chi connectivity index (χ1n) is 12.7. The molecule has 0 bridgehead atoms. The molecule has 1 aromatic heterocycles. The number of hydrogen-bond acceptors (Lipinski definition) is 7. The second kappa shape index (κ2) is 10.6. The zero-order valence-electron chi connectivity index (χ0n) is 22.3. The van der Waals surface area contributed by atoms with Crippen molar-refractivity contribution in [3.05, 3.63) is 51.8 Å². The van der Waals surface area contributed by atoms with Crippen LogP contribution < -0.4 is 11.1 Å². The molecule has 10 nitrogen and oxygen atoms in total. The third-order valence-electron chi connectivity index (χ3n) is 7.26. The van der Waals surface area contributed by atoms with Crippen molar-refractivity contribution in [2.75, 3.05) is 26.3 Å². The highest BCUT2D eigenvalue weighted by Gasteiger charge is 2.61. The summed E-state index contributed by atoms with van der Waals surface area (Å²) in [7, 11) is -2.01. The molecule has 1 atom stereocenters. The Bertz CT molecular complexity index is 1320. The van der Waals surface area contributed by atoms with Gasteiger partial charge in [0.25, 0.3) is 11.8 Å². The molecular weight excluding hydrogens is 530 g/mol. The van der Waals surface area contributed by atoms with Crippen LogP contribution >= 0.6 is 11.6 Å². The van der Waals surface area contributed by atoms with Crippen LogP contribution in [-0.2, 0) is 34.6 Å². The van der Waals surface area contributed by atoms with Crippen molar-refractivity contribution < 1.29 is 22.7 Å². The molecule has 0 spiro atoms. The first kappa shape index (κ1) is 28.5. The van der Waals surface area contributed by atoms with Gasteiger partial charge in [-0.25, -0.2) is 8.42 Å². The number of sulfone groups is 1. The van der Waals surface area contributed by atoms with Crippen molar-refractivity contribution in [3.63, 3.8) is 0 Å². The van der Waals surface area contributed by atoms with E-state index in [1.54, 1.807) is 44.9 Å². The second-order valence-corrected chi connectivity index (χ2v) is 14.4. The van der Waals surface area contributed by atoms with Gasteiger partial charge < -0.3 is 20.7 Å². The number of carbonyl (C=O) groups is 2. The number of amides is 2. The third-order valence-corrected chi connectivity index (χ3v) is 10.8. The fourth-order valence-electron chi connectivity index (χ4n) is 4.93. The van der Waals surface area contributed by atoms with Crippen LogP contribution in [0.15, 0.2) is 24.3 Å². The molecule has 208 valence electrons. The number of carbonyl (C=O) groups excluding carboxylic acids is 2. The first-order chi connectivity index (χ1) is 17.8. The maximum Gasteiger partial charge on any atom is 0.272 e. The quantitative estimate of drug-likeness (QED) is 0.425. The molecule has 2 amide bonds. The number of ether oxygens (including phenoxy) is 1. The van der Waals surface area contributed by atoms with Crippen LogP contribution in [0.3, 0.4) is 0 Å². The van der Waals surface area contributed by atoms with E-state index in [0.717, 1.165) is 5.56 Å². The van der Waals surface area contributed by atoms with Gasteiger partial charge in [0.15, 0.2) is 15.5 Å². The number of nitrogens with two attached hydrogens (primary N) is 1. The van der Waals surface area contributed by atoms with Crippen LogP contribution in [0.5, 0.6) is 0 Å². The molecule has 4 rings (SSSR count). The summed E-state index contributed by atoms with van der Waals surface area (Å²) in [4.78, 5) is 28.0. The first-order valence-corrected chi connectivity index (χ1v) is 14.6. The van der Waals surface area contributed by atoms with Crippen molar-refractivity contribution in [1.82, 2.24) is 20.0 Å². The summed E-state index contributed by atoms with van der Waals surface area (Å²) < 4.78 is 32.2. The highest BCUT2D eigenvalue weighted by atomic mass is 35.5. The summed E-state index contributed by atoms with van der Waals surface area (Å²) in [5.74, 6) is -0.682. The number of nitrogens with zero attached hydrogens (tertiary/aromatic N) is 3. The number of fused-ring (bicyclic) bond motifs is 1. The van der Waals surface area contributed by atoms with Crippen LogP contribution in [-0.4, -0.2) is 76.8 Å². The second-order valence-electron chi connectivity index (χ2n) is 11.0. The van der Waals surface area contributed by atoms with E-state index in [9.17, 15) is 18.0 Å². The Morgan fingerprint density at radius 3 is 2.55 bits per heavy atom. The number of hydrogen-bond donors (Lipinski definition) is 2. The topological polar surface area (TPSA) is 137 Å². The molecule has 0 saturated heterocycles. The maximum atomic E-state index is 13.7. The van der Waals surface area contributed by atoms with Crippen LogP contribution in [0.25, 0.3) is 0 Å². The van der Waals surface area contributed by atoms with E-state index in [2.05, 4.69) is 10.4 Å². The Labute approximate surface area is 228 Å². The fourth-order valence-corrected chi connectivity index (χ4v) is 7.43. The molecule has 38 heavy (non-hydrogen) atoms. The van der Waals surface area contributed by atoms with Gasteiger partial charge in [-0.3, -0.25) is 14.3 Å². The van der Waals surface area contributed by atoms with Gasteiger partial charge in [-0.05, 0) is 57.7 Å². The Balaban J connectivity index is 1.46. The van der Waals surface area contributed by atoms with Crippen LogP contribution in [0.1, 0.15) is 65.7 Å². The zero-order chi connectivity index (χ0) is 27.9. The highest BCUT2D eigenvalue weighted by molar-refractivity contribution is 7.94. The van der Waals surface area contributed by atoms with Crippen molar-refractivity contribution in [2.45, 2.75) is 62.1 Å². The van der Waals surface area contributed by atoms with Gasteiger partial charge in [0.05, 0.1) is 22.7 Å². The molecule has 3 N–H and O–H groups in total. The average molecular weight is 566 g/mol. The lowest BCUT2D eigenvalue weighted by Gasteiger charge is -2.35. The van der Waals surface area contributed by atoms with Crippen LogP contribution in [0, 0.1) is 0 Å². The van der Waals surface area contributed by atoms with Crippen molar-refractivity contribution in [3.8, 4) is 0 Å². The van der Waals surface area contributed by atoms with E-state index in [4.69, 9.17) is 22.1 Å². The largest absolute Gasteiger partial charge is 0.378 e. The van der Waals surface area contributed by atoms with E-state index >= 15 is 0 Å². The molecule has 12 heteroatoms. The van der Waals surface area contributed by atoms with Crippen molar-refractivity contribution in [1.29, 1.82) is 0 Å². The minimum Gasteiger partial charge on any atom is -0.378 e. The van der Waals surface area contributed by atoms with E-state index in [-0.39, 0.29) is 43.3 Å². The van der Waals surface area contributed by atoms with E-state index < -0.39 is 19.3 Å². The van der Waals surface area contributed by atoms with Gasteiger partial charge in [-0.2, -0.15) is 5.10 Å². The maximum absolute atomic E-state index is 13.7. The van der Waals surface area contributed by atoms with Gasteiger partial charge >= 0.3 is 0 Å². The molecule has 1 aromatic carbocycles. The molecule has 1 saturated carbocycles. The number of nitrogens with one attached hydrogen (secondary N) is 1. The predicted octanol–water partition coefficient (Wildman–Crippen LogP) is 2.09. The number of aromatic nitrogens is 2. The lowest BCUT2D eigenvalue weighted by Crippen LogP contribution is -2.52. The molecule has 1 aliphatic carbocycles. The summed E-state index contributed by atoms with van der Waals surface area (Å²) in [5.41, 5.74) is 7.74. The standard InChI is InChI=1S/C26H36ClN5O5S/c1-17(28)14-37-16-25(2,3)38(35,36)26(10-11-26)15-32-12-9-20-21(30-31(4)22(20)24(32)34)23(33)29-13-18-5-7-19(27)8-6-18/h5-8,17H,9-16,28H2,1-4H3,(H,29,33). The van der Waals surface area contributed by atoms with Gasteiger partial charge in [-0.1, -0.05) is 23.7 Å². The van der Waals surface area contributed by atoms with E-state index in [1.165, 1.54) is 4.68 Å². The Hall–Kier alpha value is -2.47. The third kappa shape index (κ3) is 5.47. The number of aryl methyl sites for hydroxylation is 1. The van der Waals surface area contributed by atoms with E-state index in [0.29, 0.717) is 48.6 Å². The van der Waals surface area contributed by atoms with Crippen molar-refractivity contribution >= 4 is 33.3 Å². The average Bonchev–Trinajstić information content (AvgIpc) is 3.56. The Morgan fingerprint density at radius 1 is 1.29 bits per heavy atom. The lowest BCUT2D eigenvalue weighted by molar-refractivity contribution is 0.0723. The lowest BCUT2D eigenvalue weighted by atomic mass is 10.0. The Morgan fingerprint density at radius 2 is 1.95 bits per heavy atom. The molecule has 1 fully saturated rings. The summed E-state index contributed by atoms with van der Waals surface area (Å²) in [6.07, 6.45) is 1.40. The fraction of sp³-hybridized carbons (Fsp3) is 0.577. The zero-order valence-corrected chi connectivity index (χ0v) is 23.9. The predicted molar refractivity (Wildman–Crippen MR) is 145 cm³/mol. The number of halogens is 1. The monoisotopic (exact) mass is 565 g/mol. The van der Waals surface area contributed by atoms with Gasteiger partial charge in [0, 0.05) is 43.3 Å². The summed E-state index contributed by atoms with van der Waals surface area (Å²) in [5, 5.41) is 7.81. The number of benzene rings is 1. The SMILES string of the molecule is CC(N)COCC(C)(C)S(=O)(=O)C1(CN2CCc3c(C(=O)NCc4ccc(Cl)cc4)nn(C)c3C2=O)CC1. The van der Waals surface area contributed by atoms with Gasteiger partial charge in [0.1, 0.15) is 5.69 Å². The summed E-state index contributed by atoms with van der Waals surface area (Å²) >= 11 is 5.92.